The van der Waals surface area contributed by atoms with Crippen LogP contribution in [-0.4, -0.2) is 43.1 Å². The molecule has 0 saturated heterocycles. The number of hydrogen-bond donors (Lipinski definition) is 3. The van der Waals surface area contributed by atoms with Crippen LogP contribution in [0.5, 0.6) is 11.5 Å². The van der Waals surface area contributed by atoms with Crippen LogP contribution in [0.4, 0.5) is 0 Å². The van der Waals surface area contributed by atoms with Crippen molar-refractivity contribution < 1.29 is 9.47 Å². The number of aromatic amines is 3. The fourth-order valence-corrected chi connectivity index (χ4v) is 17.1. The third-order valence-electron chi connectivity index (χ3n) is 25.1. The molecule has 3 aliphatic carbocycles. The van der Waals surface area contributed by atoms with E-state index in [4.69, 9.17) is 9.47 Å². The Morgan fingerprint density at radius 1 is 0.331 bits per heavy atom. The predicted octanol–water partition coefficient (Wildman–Crippen LogP) is 33.5. The number of hydrogen-bond acceptors (Lipinski definition) is 6. The second-order valence-corrected chi connectivity index (χ2v) is 46.5. The van der Waals surface area contributed by atoms with Crippen molar-refractivity contribution in [2.45, 2.75) is 307 Å². The molecule has 0 bridgehead atoms. The van der Waals surface area contributed by atoms with Crippen LogP contribution >= 0.6 is 0 Å². The van der Waals surface area contributed by atoms with Gasteiger partial charge >= 0.3 is 0 Å². The van der Waals surface area contributed by atoms with Gasteiger partial charge in [-0.25, -0.2) is 0 Å². The molecule has 0 amide bonds. The Labute approximate surface area is 799 Å². The van der Waals surface area contributed by atoms with E-state index in [1.165, 1.54) is 142 Å². The van der Waals surface area contributed by atoms with Gasteiger partial charge in [0, 0.05) is 68.7 Å². The molecule has 10 aromatic carbocycles. The van der Waals surface area contributed by atoms with Gasteiger partial charge in [-0.3, -0.25) is 20.1 Å². The first kappa shape index (κ1) is 102. The zero-order valence-corrected chi connectivity index (χ0v) is 86.3. The zero-order valence-electron chi connectivity index (χ0n) is 86.3. The number of benzene rings is 10. The Balaban J connectivity index is 0.000000142. The zero-order chi connectivity index (χ0) is 96.9. The lowest BCUT2D eigenvalue weighted by Crippen LogP contribution is -2.17. The monoisotopic (exact) mass is 1770 g/mol. The smallest absolute Gasteiger partial charge is 0.231 e. The molecule has 2 aliphatic heterocycles. The SMILES string of the molecule is CC(C)(C)c1ccc2c(c1)C=CC2.CC(C)(C)c1ccc2c(c1)OCO2.CC(C)(C)c1ccc2cc[nH]c2c1.CC(C)(C)c1ccc2ccccc2n1.CC(C)(C)c1ccc2cn[nH]c2c1.CC(C)(C)c1cccc2c1C=CC2.CC(C)(C)c1cccc2c1C=NC2.CC(C)(C)c1cccc2c1CCCC2.CC(C)(C)c1cccc2cc[nH]c12.CC(C)(C)c1cccc2cccnc12. The molecule has 3 N–H and O–H groups in total. The van der Waals surface area contributed by atoms with Gasteiger partial charge in [-0.1, -0.05) is 402 Å². The van der Waals surface area contributed by atoms with Crippen molar-refractivity contribution >= 4 is 72.9 Å². The van der Waals surface area contributed by atoms with Crippen LogP contribution < -0.4 is 9.47 Å². The van der Waals surface area contributed by atoms with Crippen molar-refractivity contribution in [3.05, 3.63) is 362 Å². The maximum atomic E-state index is 5.31. The molecule has 5 aliphatic rings. The van der Waals surface area contributed by atoms with E-state index in [2.05, 4.69) is 467 Å². The molecule has 15 aromatic rings. The molecular weight excluding hydrogens is 1620 g/mol. The van der Waals surface area contributed by atoms with Crippen molar-refractivity contribution in [2.75, 3.05) is 6.79 Å². The second-order valence-electron chi connectivity index (χ2n) is 46.5. The standard InChI is InChI=1S/C14H20.2C13H15N.2C13H16.3C12H15N.C11H14N2.C11H14O2/c1-14(2,3)13-10-6-8-11-7-4-5-9-12(11)13;1-13(2,3)11-8-4-6-10-7-5-9-14-12(10)11;1-13(2,3)12-9-8-10-6-4-5-7-11(10)14-12;1-13(2,3)12-9-5-7-10-6-4-8-11(10)12;1-13(2,3)12-8-7-10-5-4-6-11(10)9-12;1-12(2,3)10-5-4-9-6-7-13-11(9)8-10;1-12(2,3)11-6-4-5-9-7-13-8-10(9)11;1-12(2,3)10-6-4-5-9-7-8-13-11(9)10;1-11(2,3)9-5-4-8-7-12-13-10(8)6-9;1-11(2,3)8-4-5-9-10(6-8)13-7-12-9/h6,8,10H,4-5,7,9H2,1-3H3;2*4-9H,1-3H3;4-5,7-9H,6H2,1-3H3;4,6-9H,5H2,1-3H3;4-8,13H,1-3H3;4-6,8H,7H2,1-3H3;4-8,13H,1-3H3;4-7H,1-3H3,(H,12,13);4-6H,7H2,1-3H3. The summed E-state index contributed by atoms with van der Waals surface area (Å²) in [4.78, 5) is 19.9. The van der Waals surface area contributed by atoms with E-state index in [9.17, 15) is 0 Å². The molecular formula is C124H155N7O2. The number of aryl methyl sites for hydroxylation is 1. The summed E-state index contributed by atoms with van der Waals surface area (Å²) in [5.41, 5.74) is 33.5. The number of rotatable bonds is 0. The second kappa shape index (κ2) is 42.3. The van der Waals surface area contributed by atoms with Gasteiger partial charge in [0.2, 0.25) is 6.79 Å². The first-order valence-electron chi connectivity index (χ1n) is 48.3. The van der Waals surface area contributed by atoms with E-state index in [1.54, 1.807) is 16.7 Å². The number of allylic oxidation sites excluding steroid dienone is 2. The Kier molecular flexibility index (Phi) is 32.4. The fraction of sp³-hybridized carbons (Fsp3) is 0.387. The molecule has 0 radical (unpaired) electrons. The predicted molar refractivity (Wildman–Crippen MR) is 575 cm³/mol. The lowest BCUT2D eigenvalue weighted by atomic mass is 9.78. The molecule has 0 fully saturated rings. The van der Waals surface area contributed by atoms with Crippen LogP contribution in [-0.2, 0) is 86.4 Å². The highest BCUT2D eigenvalue weighted by Crippen LogP contribution is 2.40. The lowest BCUT2D eigenvalue weighted by Gasteiger charge is -2.27. The lowest BCUT2D eigenvalue weighted by molar-refractivity contribution is 0.174. The van der Waals surface area contributed by atoms with E-state index in [-0.39, 0.29) is 48.7 Å². The average Bonchev–Trinajstić information content (AvgIpc) is 1.18. The van der Waals surface area contributed by atoms with Crippen LogP contribution in [0.25, 0.3) is 66.7 Å². The van der Waals surface area contributed by atoms with Crippen molar-refractivity contribution in [3.8, 4) is 11.5 Å². The van der Waals surface area contributed by atoms with Crippen molar-refractivity contribution in [1.29, 1.82) is 0 Å². The summed E-state index contributed by atoms with van der Waals surface area (Å²) in [6.45, 7) is 68.3. The van der Waals surface area contributed by atoms with Crippen molar-refractivity contribution in [3.63, 3.8) is 0 Å². The summed E-state index contributed by atoms with van der Waals surface area (Å²) in [5.74, 6) is 1.72. The quantitative estimate of drug-likeness (QED) is 0.140. The minimum atomic E-state index is 0.129. The topological polar surface area (TPSA) is 117 Å². The highest BCUT2D eigenvalue weighted by atomic mass is 16.7. The van der Waals surface area contributed by atoms with Gasteiger partial charge in [0.15, 0.2) is 11.5 Å². The average molecular weight is 1780 g/mol. The number of aromatic nitrogens is 6. The number of nitrogens with zero attached hydrogens (tertiary/aromatic N) is 4. The maximum absolute atomic E-state index is 5.31. The molecule has 0 unspecified atom stereocenters. The van der Waals surface area contributed by atoms with Crippen molar-refractivity contribution in [2.24, 2.45) is 4.99 Å². The first-order chi connectivity index (χ1) is 62.3. The number of H-pyrrole nitrogens is 3. The normalized spacial score (nSPS) is 13.6. The molecule has 698 valence electrons. The highest BCUT2D eigenvalue weighted by molar-refractivity contribution is 5.88. The van der Waals surface area contributed by atoms with Crippen molar-refractivity contribution in [1.82, 2.24) is 30.1 Å². The molecule has 9 nitrogen and oxygen atoms in total. The van der Waals surface area contributed by atoms with Gasteiger partial charge in [-0.05, 0) is 242 Å². The van der Waals surface area contributed by atoms with Crippen LogP contribution in [0.1, 0.15) is 321 Å². The summed E-state index contributed by atoms with van der Waals surface area (Å²) < 4.78 is 10.6. The minimum absolute atomic E-state index is 0.129. The number of nitrogens with one attached hydrogen (secondary N) is 3. The van der Waals surface area contributed by atoms with Gasteiger partial charge in [0.05, 0.1) is 29.3 Å². The van der Waals surface area contributed by atoms with Gasteiger partial charge < -0.3 is 19.4 Å². The van der Waals surface area contributed by atoms with Gasteiger partial charge in [-0.2, -0.15) is 5.10 Å². The number of fused-ring (bicyclic) bond motifs is 10. The van der Waals surface area contributed by atoms with E-state index in [0.717, 1.165) is 53.1 Å². The molecule has 0 atom stereocenters. The molecule has 133 heavy (non-hydrogen) atoms. The Morgan fingerprint density at radius 3 is 1.48 bits per heavy atom. The third-order valence-corrected chi connectivity index (χ3v) is 25.1. The first-order valence-corrected chi connectivity index (χ1v) is 48.3. The Morgan fingerprint density at radius 2 is 0.827 bits per heavy atom. The minimum Gasteiger partial charge on any atom is -0.454 e. The summed E-state index contributed by atoms with van der Waals surface area (Å²) in [7, 11) is 0. The molecule has 9 heteroatoms. The largest absolute Gasteiger partial charge is 0.454 e. The molecule has 7 heterocycles. The maximum Gasteiger partial charge on any atom is 0.231 e. The van der Waals surface area contributed by atoms with Gasteiger partial charge in [0.25, 0.3) is 0 Å². The van der Waals surface area contributed by atoms with E-state index in [1.807, 2.05) is 55.3 Å². The Bertz CT molecular complexity index is 6320. The third kappa shape index (κ3) is 27.8. The number of para-hydroxylation sites is 3. The van der Waals surface area contributed by atoms with Crippen LogP contribution in [0, 0.1) is 0 Å². The van der Waals surface area contributed by atoms with E-state index >= 15 is 0 Å². The summed E-state index contributed by atoms with van der Waals surface area (Å²) in [6.07, 6.45) is 26.2. The van der Waals surface area contributed by atoms with Gasteiger partial charge in [-0.15, -0.1) is 0 Å². The molecule has 0 spiro atoms. The van der Waals surface area contributed by atoms with Crippen LogP contribution in [0.2, 0.25) is 0 Å². The highest BCUT2D eigenvalue weighted by Gasteiger charge is 2.27. The van der Waals surface area contributed by atoms with E-state index in [0.29, 0.717) is 12.2 Å². The molecule has 20 rings (SSSR count). The number of ether oxygens (including phenoxy) is 2. The molecule has 0 saturated carbocycles. The Hall–Kier alpha value is -11.7. The molecule has 5 aromatic heterocycles. The number of pyridine rings is 2. The fourth-order valence-electron chi connectivity index (χ4n) is 17.1. The van der Waals surface area contributed by atoms with Crippen LogP contribution in [0.15, 0.2) is 266 Å². The van der Waals surface area contributed by atoms with E-state index < -0.39 is 0 Å². The summed E-state index contributed by atoms with van der Waals surface area (Å²) in [5, 5.41) is 13.2. The summed E-state index contributed by atoms with van der Waals surface area (Å²) >= 11 is 0. The van der Waals surface area contributed by atoms with Gasteiger partial charge in [0.1, 0.15) is 0 Å². The van der Waals surface area contributed by atoms with Crippen LogP contribution in [0.3, 0.4) is 0 Å². The number of aliphatic imine (C=N–C) groups is 1. The summed E-state index contributed by atoms with van der Waals surface area (Å²) in [6, 6.07) is 79.6.